The van der Waals surface area contributed by atoms with Crippen LogP contribution in [0.15, 0.2) is 0 Å². The number of carbonyl (C=O) groups is 1. The van der Waals surface area contributed by atoms with Gasteiger partial charge in [-0.2, -0.15) is 0 Å². The van der Waals surface area contributed by atoms with Gasteiger partial charge in [-0.15, -0.1) is 0 Å². The molecule has 1 saturated heterocycles. The molecule has 1 N–H and O–H groups in total. The van der Waals surface area contributed by atoms with Gasteiger partial charge in [0, 0.05) is 12.1 Å². The third kappa shape index (κ3) is 1.26. The minimum absolute atomic E-state index is 0.00345. The average Bonchev–Trinajstić information content (AvgIpc) is 2.59. The molecule has 2 atom stereocenters. The quantitative estimate of drug-likeness (QED) is 0.651. The zero-order chi connectivity index (χ0) is 9.53. The minimum Gasteiger partial charge on any atom is -0.466 e. The Morgan fingerprint density at radius 3 is 2.69 bits per heavy atom. The molecular weight excluding hydrogens is 166 g/mol. The van der Waals surface area contributed by atoms with E-state index in [1.54, 1.807) is 0 Å². The van der Waals surface area contributed by atoms with E-state index < -0.39 is 0 Å². The number of ether oxygens (including phenoxy) is 1. The molecule has 0 amide bonds. The first-order chi connectivity index (χ1) is 6.10. The van der Waals surface area contributed by atoms with Crippen LogP contribution in [0, 0.1) is 5.41 Å². The molecule has 0 radical (unpaired) electrons. The van der Waals surface area contributed by atoms with Crippen molar-refractivity contribution in [2.45, 2.75) is 38.6 Å². The molecule has 1 saturated carbocycles. The summed E-state index contributed by atoms with van der Waals surface area (Å²) in [5, 5.41) is 3.41. The first-order valence-corrected chi connectivity index (χ1v) is 5.03. The molecule has 13 heavy (non-hydrogen) atoms. The molecule has 1 aliphatic heterocycles. The van der Waals surface area contributed by atoms with Crippen LogP contribution in [0.5, 0.6) is 0 Å². The Balaban J connectivity index is 2.11. The van der Waals surface area contributed by atoms with Gasteiger partial charge in [-0.3, -0.25) is 4.79 Å². The summed E-state index contributed by atoms with van der Waals surface area (Å²) in [5.74, 6) is 0.00345. The zero-order valence-corrected chi connectivity index (χ0v) is 8.35. The second-order valence-electron chi connectivity index (χ2n) is 4.59. The van der Waals surface area contributed by atoms with E-state index in [-0.39, 0.29) is 16.9 Å². The highest BCUT2D eigenvalue weighted by atomic mass is 16.5. The predicted molar refractivity (Wildman–Crippen MR) is 49.3 cm³/mol. The Bertz CT molecular complexity index is 229. The van der Waals surface area contributed by atoms with Gasteiger partial charge in [0.2, 0.25) is 0 Å². The van der Waals surface area contributed by atoms with Gasteiger partial charge in [0.05, 0.1) is 12.0 Å². The molecule has 0 aromatic rings. The molecule has 0 spiro atoms. The Morgan fingerprint density at radius 1 is 1.54 bits per heavy atom. The molecule has 1 heterocycles. The maximum absolute atomic E-state index is 11.7. The SMILES string of the molecule is CCOC(=O)C12CCC(C)(C1)NC2. The van der Waals surface area contributed by atoms with E-state index in [2.05, 4.69) is 12.2 Å². The average molecular weight is 183 g/mol. The van der Waals surface area contributed by atoms with Crippen LogP contribution in [0.3, 0.4) is 0 Å². The molecule has 0 aromatic heterocycles. The summed E-state index contributed by atoms with van der Waals surface area (Å²) >= 11 is 0. The van der Waals surface area contributed by atoms with Gasteiger partial charge in [0.25, 0.3) is 0 Å². The Labute approximate surface area is 78.8 Å². The van der Waals surface area contributed by atoms with Crippen molar-refractivity contribution in [2.24, 2.45) is 5.41 Å². The van der Waals surface area contributed by atoms with Gasteiger partial charge in [-0.05, 0) is 33.1 Å². The first kappa shape index (κ1) is 9.00. The molecule has 74 valence electrons. The maximum Gasteiger partial charge on any atom is 0.313 e. The van der Waals surface area contributed by atoms with Crippen molar-refractivity contribution < 1.29 is 9.53 Å². The van der Waals surface area contributed by atoms with Gasteiger partial charge in [-0.25, -0.2) is 0 Å². The van der Waals surface area contributed by atoms with Crippen molar-refractivity contribution in [1.82, 2.24) is 5.32 Å². The summed E-state index contributed by atoms with van der Waals surface area (Å²) in [4.78, 5) is 11.7. The van der Waals surface area contributed by atoms with Crippen LogP contribution in [0.1, 0.15) is 33.1 Å². The molecule has 2 bridgehead atoms. The number of esters is 1. The van der Waals surface area contributed by atoms with Gasteiger partial charge >= 0.3 is 5.97 Å². The molecular formula is C10H17NO2. The van der Waals surface area contributed by atoms with Gasteiger partial charge in [0.15, 0.2) is 0 Å². The third-order valence-electron chi connectivity index (χ3n) is 3.45. The summed E-state index contributed by atoms with van der Waals surface area (Å²) in [6.07, 6.45) is 3.06. The number of hydrogen-bond acceptors (Lipinski definition) is 3. The van der Waals surface area contributed by atoms with Crippen molar-refractivity contribution in [2.75, 3.05) is 13.2 Å². The second kappa shape index (κ2) is 2.71. The van der Waals surface area contributed by atoms with Crippen molar-refractivity contribution in [3.63, 3.8) is 0 Å². The lowest BCUT2D eigenvalue weighted by Crippen LogP contribution is -2.40. The lowest BCUT2D eigenvalue weighted by Gasteiger charge is -2.25. The summed E-state index contributed by atoms with van der Waals surface area (Å²) in [7, 11) is 0. The summed E-state index contributed by atoms with van der Waals surface area (Å²) in [6.45, 7) is 5.37. The van der Waals surface area contributed by atoms with Crippen LogP contribution in [-0.2, 0) is 9.53 Å². The van der Waals surface area contributed by atoms with Crippen molar-refractivity contribution >= 4 is 5.97 Å². The highest BCUT2D eigenvalue weighted by molar-refractivity contribution is 5.78. The fourth-order valence-electron chi connectivity index (χ4n) is 2.65. The van der Waals surface area contributed by atoms with E-state index in [1.165, 1.54) is 0 Å². The molecule has 2 unspecified atom stereocenters. The van der Waals surface area contributed by atoms with E-state index >= 15 is 0 Å². The standard InChI is InChI=1S/C10H17NO2/c1-3-13-8(12)10-5-4-9(2,6-10)11-7-10/h11H,3-7H2,1-2H3. The van der Waals surface area contributed by atoms with E-state index in [0.29, 0.717) is 6.61 Å². The lowest BCUT2D eigenvalue weighted by molar-refractivity contribution is -0.154. The number of nitrogens with one attached hydrogen (secondary N) is 1. The molecule has 2 rings (SSSR count). The van der Waals surface area contributed by atoms with Crippen LogP contribution >= 0.6 is 0 Å². The molecule has 2 fully saturated rings. The van der Waals surface area contributed by atoms with Gasteiger partial charge < -0.3 is 10.1 Å². The van der Waals surface area contributed by atoms with Crippen molar-refractivity contribution in [1.29, 1.82) is 0 Å². The highest BCUT2D eigenvalue weighted by Crippen LogP contribution is 2.49. The number of fused-ring (bicyclic) bond motifs is 2. The molecule has 3 nitrogen and oxygen atoms in total. The van der Waals surface area contributed by atoms with Crippen LogP contribution in [0.2, 0.25) is 0 Å². The van der Waals surface area contributed by atoms with Gasteiger partial charge in [-0.1, -0.05) is 0 Å². The number of carbonyl (C=O) groups excluding carboxylic acids is 1. The second-order valence-corrected chi connectivity index (χ2v) is 4.59. The third-order valence-corrected chi connectivity index (χ3v) is 3.45. The first-order valence-electron chi connectivity index (χ1n) is 5.03. The highest BCUT2D eigenvalue weighted by Gasteiger charge is 2.56. The summed E-state index contributed by atoms with van der Waals surface area (Å²) in [6, 6.07) is 0. The lowest BCUT2D eigenvalue weighted by atomic mass is 9.87. The number of rotatable bonds is 2. The van der Waals surface area contributed by atoms with E-state index in [4.69, 9.17) is 4.74 Å². The fourth-order valence-corrected chi connectivity index (χ4v) is 2.65. The van der Waals surface area contributed by atoms with Crippen LogP contribution in [0.25, 0.3) is 0 Å². The Kier molecular flexibility index (Phi) is 1.88. The molecule has 3 heteroatoms. The van der Waals surface area contributed by atoms with E-state index in [9.17, 15) is 4.79 Å². The van der Waals surface area contributed by atoms with Crippen molar-refractivity contribution in [3.8, 4) is 0 Å². The smallest absolute Gasteiger partial charge is 0.313 e. The molecule has 2 aliphatic rings. The van der Waals surface area contributed by atoms with Crippen LogP contribution in [-0.4, -0.2) is 24.7 Å². The topological polar surface area (TPSA) is 38.3 Å². The van der Waals surface area contributed by atoms with Crippen LogP contribution < -0.4 is 5.32 Å². The van der Waals surface area contributed by atoms with E-state index in [1.807, 2.05) is 6.92 Å². The normalized spacial score (nSPS) is 42.3. The van der Waals surface area contributed by atoms with Gasteiger partial charge in [0.1, 0.15) is 0 Å². The largest absolute Gasteiger partial charge is 0.466 e. The van der Waals surface area contributed by atoms with Crippen LogP contribution in [0.4, 0.5) is 0 Å². The molecule has 1 aliphatic carbocycles. The Morgan fingerprint density at radius 2 is 2.31 bits per heavy atom. The maximum atomic E-state index is 11.7. The Hall–Kier alpha value is -0.570. The van der Waals surface area contributed by atoms with Crippen molar-refractivity contribution in [3.05, 3.63) is 0 Å². The fraction of sp³-hybridized carbons (Fsp3) is 0.900. The number of hydrogen-bond donors (Lipinski definition) is 1. The monoisotopic (exact) mass is 183 g/mol. The summed E-state index contributed by atoms with van der Waals surface area (Å²) in [5.41, 5.74) is 0.0114. The zero-order valence-electron chi connectivity index (χ0n) is 8.35. The van der Waals surface area contributed by atoms with E-state index in [0.717, 1.165) is 25.8 Å². The number of piperidine rings is 1. The molecule has 0 aromatic carbocycles. The predicted octanol–water partition coefficient (Wildman–Crippen LogP) is 1.08. The minimum atomic E-state index is -0.190. The summed E-state index contributed by atoms with van der Waals surface area (Å²) < 4.78 is 5.11.